The normalized spacial score (nSPS) is 11.3. The van der Waals surface area contributed by atoms with Gasteiger partial charge in [0.05, 0.1) is 17.7 Å². The molecule has 1 aromatic rings. The Kier molecular flexibility index (Phi) is 4.82. The molecule has 0 aliphatic rings. The van der Waals surface area contributed by atoms with Gasteiger partial charge in [-0.25, -0.2) is 4.98 Å². The molecule has 88 valence electrons. The maximum absolute atomic E-state index is 11.0. The van der Waals surface area contributed by atoms with Gasteiger partial charge in [0.2, 0.25) is 6.41 Å². The standard InChI is InChI=1S/C12H13N3O2/c1-2-3-11(8-16)15(9-17)12-6-10(7-13)4-5-14-12/h4-6,8-9,11H,2-3H2,1H3. The first-order chi connectivity index (χ1) is 8.26. The highest BCUT2D eigenvalue weighted by Crippen LogP contribution is 2.15. The van der Waals surface area contributed by atoms with Crippen molar-refractivity contribution in [1.82, 2.24) is 4.98 Å². The largest absolute Gasteiger partial charge is 0.301 e. The number of nitrogens with zero attached hydrogens (tertiary/aromatic N) is 3. The molecular weight excluding hydrogens is 218 g/mol. The monoisotopic (exact) mass is 231 g/mol. The lowest BCUT2D eigenvalue weighted by Crippen LogP contribution is -2.36. The summed E-state index contributed by atoms with van der Waals surface area (Å²) in [6.07, 6.45) is 4.08. The molecule has 0 aliphatic heterocycles. The van der Waals surface area contributed by atoms with Crippen LogP contribution in [0.5, 0.6) is 0 Å². The van der Waals surface area contributed by atoms with Crippen molar-refractivity contribution in [1.29, 1.82) is 5.26 Å². The predicted octanol–water partition coefficient (Wildman–Crippen LogP) is 1.28. The van der Waals surface area contributed by atoms with Crippen molar-refractivity contribution in [2.24, 2.45) is 0 Å². The Hall–Kier alpha value is -2.22. The predicted molar refractivity (Wildman–Crippen MR) is 62.3 cm³/mol. The van der Waals surface area contributed by atoms with Crippen LogP contribution in [0.3, 0.4) is 0 Å². The fraction of sp³-hybridized carbons (Fsp3) is 0.333. The molecule has 0 bridgehead atoms. The van der Waals surface area contributed by atoms with Gasteiger partial charge in [0.1, 0.15) is 12.1 Å². The minimum Gasteiger partial charge on any atom is -0.301 e. The number of aldehydes is 1. The molecule has 0 aromatic carbocycles. The minimum atomic E-state index is -0.529. The number of amides is 1. The Morgan fingerprint density at radius 1 is 1.59 bits per heavy atom. The number of nitriles is 1. The van der Waals surface area contributed by atoms with E-state index in [9.17, 15) is 9.59 Å². The number of carbonyl (C=O) groups excluding carboxylic acids is 2. The molecule has 1 aromatic heterocycles. The van der Waals surface area contributed by atoms with Gasteiger partial charge in [-0.05, 0) is 18.6 Å². The van der Waals surface area contributed by atoms with E-state index in [1.807, 2.05) is 13.0 Å². The molecule has 0 radical (unpaired) electrons. The Morgan fingerprint density at radius 3 is 2.88 bits per heavy atom. The quantitative estimate of drug-likeness (QED) is 0.691. The number of hydrogen-bond donors (Lipinski definition) is 0. The van der Waals surface area contributed by atoms with Crippen molar-refractivity contribution >= 4 is 18.5 Å². The highest BCUT2D eigenvalue weighted by molar-refractivity contribution is 5.81. The van der Waals surface area contributed by atoms with Crippen molar-refractivity contribution in [2.45, 2.75) is 25.8 Å². The Balaban J connectivity index is 3.03. The molecule has 1 atom stereocenters. The smallest absolute Gasteiger partial charge is 0.215 e. The fourth-order valence-electron chi connectivity index (χ4n) is 1.50. The summed E-state index contributed by atoms with van der Waals surface area (Å²) in [5, 5.41) is 8.76. The molecule has 1 rings (SSSR count). The summed E-state index contributed by atoms with van der Waals surface area (Å²) in [4.78, 5) is 27.2. The summed E-state index contributed by atoms with van der Waals surface area (Å²) in [6, 6.07) is 4.47. The molecular formula is C12H13N3O2. The van der Waals surface area contributed by atoms with Crippen LogP contribution in [0.4, 0.5) is 5.82 Å². The Morgan fingerprint density at radius 2 is 2.35 bits per heavy atom. The number of carbonyl (C=O) groups is 2. The van der Waals surface area contributed by atoms with E-state index in [-0.39, 0.29) is 0 Å². The van der Waals surface area contributed by atoms with Crippen LogP contribution in [0.1, 0.15) is 25.3 Å². The van der Waals surface area contributed by atoms with Gasteiger partial charge >= 0.3 is 0 Å². The molecule has 5 nitrogen and oxygen atoms in total. The molecule has 0 saturated heterocycles. The summed E-state index contributed by atoms with van der Waals surface area (Å²) in [5.41, 5.74) is 0.406. The van der Waals surface area contributed by atoms with E-state index < -0.39 is 6.04 Å². The molecule has 17 heavy (non-hydrogen) atoms. The maximum atomic E-state index is 11.0. The van der Waals surface area contributed by atoms with E-state index >= 15 is 0 Å². The van der Waals surface area contributed by atoms with Crippen molar-refractivity contribution in [3.8, 4) is 6.07 Å². The van der Waals surface area contributed by atoms with E-state index in [0.29, 0.717) is 24.2 Å². The highest BCUT2D eigenvalue weighted by Gasteiger charge is 2.18. The second-order valence-electron chi connectivity index (χ2n) is 3.52. The molecule has 1 amide bonds. The Bertz CT molecular complexity index is 440. The summed E-state index contributed by atoms with van der Waals surface area (Å²) in [7, 11) is 0. The molecule has 0 aliphatic carbocycles. The molecule has 0 spiro atoms. The molecule has 0 fully saturated rings. The number of anilines is 1. The SMILES string of the molecule is CCCC(C=O)N(C=O)c1cc(C#N)ccn1. The molecule has 5 heteroatoms. The average molecular weight is 231 g/mol. The van der Waals surface area contributed by atoms with Crippen LogP contribution >= 0.6 is 0 Å². The zero-order valence-electron chi connectivity index (χ0n) is 9.54. The maximum Gasteiger partial charge on any atom is 0.215 e. The summed E-state index contributed by atoms with van der Waals surface area (Å²) in [6.45, 7) is 1.93. The third-order valence-corrected chi connectivity index (χ3v) is 2.35. The Labute approximate surface area is 99.7 Å². The molecule has 1 heterocycles. The first kappa shape index (κ1) is 12.8. The zero-order valence-corrected chi connectivity index (χ0v) is 9.54. The second kappa shape index (κ2) is 6.38. The lowest BCUT2D eigenvalue weighted by molar-refractivity contribution is -0.113. The van der Waals surface area contributed by atoms with Crippen molar-refractivity contribution in [3.05, 3.63) is 23.9 Å². The highest BCUT2D eigenvalue weighted by atomic mass is 16.1. The number of aromatic nitrogens is 1. The van der Waals surface area contributed by atoms with Crippen LogP contribution in [-0.2, 0) is 9.59 Å². The number of hydrogen-bond acceptors (Lipinski definition) is 4. The van der Waals surface area contributed by atoms with Crippen LogP contribution < -0.4 is 4.90 Å². The first-order valence-electron chi connectivity index (χ1n) is 5.31. The van der Waals surface area contributed by atoms with E-state index in [2.05, 4.69) is 4.98 Å². The molecule has 1 unspecified atom stereocenters. The van der Waals surface area contributed by atoms with Gasteiger partial charge in [0.25, 0.3) is 0 Å². The summed E-state index contributed by atoms with van der Waals surface area (Å²) >= 11 is 0. The van der Waals surface area contributed by atoms with Crippen molar-refractivity contribution < 1.29 is 9.59 Å². The number of rotatable bonds is 6. The third kappa shape index (κ3) is 3.11. The van der Waals surface area contributed by atoms with Crippen LogP contribution in [0, 0.1) is 11.3 Å². The van der Waals surface area contributed by atoms with Gasteiger partial charge in [0, 0.05) is 6.20 Å². The fourth-order valence-corrected chi connectivity index (χ4v) is 1.50. The molecule has 0 saturated carbocycles. The van der Waals surface area contributed by atoms with Gasteiger partial charge in [-0.1, -0.05) is 13.3 Å². The van der Waals surface area contributed by atoms with E-state index in [4.69, 9.17) is 5.26 Å². The third-order valence-electron chi connectivity index (χ3n) is 2.35. The lowest BCUT2D eigenvalue weighted by atomic mass is 10.1. The van der Waals surface area contributed by atoms with Crippen molar-refractivity contribution in [3.63, 3.8) is 0 Å². The molecule has 0 N–H and O–H groups in total. The van der Waals surface area contributed by atoms with Crippen LogP contribution in [0.15, 0.2) is 18.3 Å². The van der Waals surface area contributed by atoms with E-state index in [1.54, 1.807) is 6.07 Å². The second-order valence-corrected chi connectivity index (χ2v) is 3.52. The average Bonchev–Trinajstić information content (AvgIpc) is 2.38. The summed E-state index contributed by atoms with van der Waals surface area (Å²) in [5.74, 6) is 0.324. The van der Waals surface area contributed by atoms with E-state index in [0.717, 1.165) is 12.7 Å². The van der Waals surface area contributed by atoms with Gasteiger partial charge in [-0.2, -0.15) is 5.26 Å². The van der Waals surface area contributed by atoms with Crippen LogP contribution in [-0.4, -0.2) is 23.7 Å². The van der Waals surface area contributed by atoms with Crippen LogP contribution in [0.25, 0.3) is 0 Å². The van der Waals surface area contributed by atoms with Crippen LogP contribution in [0.2, 0.25) is 0 Å². The van der Waals surface area contributed by atoms with Gasteiger partial charge in [-0.15, -0.1) is 0 Å². The van der Waals surface area contributed by atoms with Crippen molar-refractivity contribution in [2.75, 3.05) is 4.90 Å². The number of pyridine rings is 1. The summed E-state index contributed by atoms with van der Waals surface area (Å²) < 4.78 is 0. The first-order valence-corrected chi connectivity index (χ1v) is 5.31. The van der Waals surface area contributed by atoms with Gasteiger partial charge in [-0.3, -0.25) is 9.69 Å². The van der Waals surface area contributed by atoms with Gasteiger partial charge < -0.3 is 4.79 Å². The van der Waals surface area contributed by atoms with Gasteiger partial charge in [0.15, 0.2) is 0 Å². The minimum absolute atomic E-state index is 0.324. The zero-order chi connectivity index (χ0) is 12.7. The topological polar surface area (TPSA) is 74.1 Å². The van der Waals surface area contributed by atoms with E-state index in [1.165, 1.54) is 17.2 Å². The lowest BCUT2D eigenvalue weighted by Gasteiger charge is -2.22.